The van der Waals surface area contributed by atoms with E-state index < -0.39 is 0 Å². The molecule has 2 fully saturated rings. The highest BCUT2D eigenvalue weighted by Crippen LogP contribution is 2.40. The molecule has 0 saturated carbocycles. The highest BCUT2D eigenvalue weighted by molar-refractivity contribution is 6.27. The smallest absolute Gasteiger partial charge is 0.145 e. The van der Waals surface area contributed by atoms with Crippen LogP contribution in [-0.4, -0.2) is 49.9 Å². The summed E-state index contributed by atoms with van der Waals surface area (Å²) < 4.78 is 0. The van der Waals surface area contributed by atoms with Gasteiger partial charge < -0.3 is 20.4 Å². The molecule has 5 heterocycles. The van der Waals surface area contributed by atoms with Gasteiger partial charge in [-0.25, -0.2) is 20.0 Å². The van der Waals surface area contributed by atoms with E-state index in [2.05, 4.69) is 131 Å². The molecule has 1 atom stereocenters. The van der Waals surface area contributed by atoms with Crippen molar-refractivity contribution in [3.63, 3.8) is 0 Å². The van der Waals surface area contributed by atoms with Gasteiger partial charge in [0.05, 0.1) is 22.8 Å². The van der Waals surface area contributed by atoms with Gasteiger partial charge in [-0.1, -0.05) is 35.4 Å². The Morgan fingerprint density at radius 1 is 0.566 bits per heavy atom. The van der Waals surface area contributed by atoms with Gasteiger partial charge in [-0.2, -0.15) is 0 Å². The summed E-state index contributed by atoms with van der Waals surface area (Å²) in [5, 5.41) is 7.50. The second kappa shape index (κ2) is 14.3. The lowest BCUT2D eigenvalue weighted by atomic mass is 9.86. The zero-order chi connectivity index (χ0) is 35.7. The Balaban J connectivity index is 1.12. The topological polar surface area (TPSA) is 80.0 Å². The van der Waals surface area contributed by atoms with E-state index in [1.165, 1.54) is 61.0 Å². The van der Waals surface area contributed by atoms with E-state index in [0.717, 1.165) is 88.7 Å². The van der Waals surface area contributed by atoms with Crippen LogP contribution in [0, 0.1) is 19.8 Å². The molecule has 53 heavy (non-hydrogen) atoms. The number of rotatable bonds is 8. The van der Waals surface area contributed by atoms with Crippen LogP contribution in [0.5, 0.6) is 0 Å². The quantitative estimate of drug-likeness (QED) is 0.192. The van der Waals surface area contributed by atoms with Crippen LogP contribution < -0.4 is 20.4 Å². The molecule has 0 aromatic heterocycles. The van der Waals surface area contributed by atoms with Crippen molar-refractivity contribution in [2.24, 2.45) is 25.9 Å². The first-order valence-corrected chi connectivity index (χ1v) is 19.2. The summed E-state index contributed by atoms with van der Waals surface area (Å²) in [7, 11) is 0. The summed E-state index contributed by atoms with van der Waals surface area (Å²) in [6.07, 6.45) is 13.5. The van der Waals surface area contributed by atoms with Crippen molar-refractivity contribution in [1.82, 2.24) is 0 Å². The van der Waals surface area contributed by atoms with E-state index in [9.17, 15) is 0 Å². The molecule has 1 unspecified atom stereocenters. The van der Waals surface area contributed by atoms with Gasteiger partial charge in [0.15, 0.2) is 0 Å². The number of piperidine rings is 2. The summed E-state index contributed by atoms with van der Waals surface area (Å²) in [6, 6.07) is 30.7. The largest absolute Gasteiger partial charge is 0.371 e. The molecule has 8 heteroatoms. The van der Waals surface area contributed by atoms with E-state index in [1.807, 2.05) is 0 Å². The number of allylic oxidation sites excluding steroid dienone is 2. The minimum atomic E-state index is -0.199. The third-order valence-electron chi connectivity index (χ3n) is 11.0. The number of hydrogen-bond acceptors (Lipinski definition) is 8. The van der Waals surface area contributed by atoms with Crippen LogP contribution >= 0.6 is 0 Å². The lowest BCUT2D eigenvalue weighted by Gasteiger charge is -2.31. The normalized spacial score (nSPS) is 19.4. The number of aryl methyl sites for hydroxylation is 2. The number of hydrogen-bond donors (Lipinski definition) is 2. The summed E-state index contributed by atoms with van der Waals surface area (Å²) in [4.78, 5) is 24.8. The van der Waals surface area contributed by atoms with Crippen molar-refractivity contribution in [1.29, 1.82) is 0 Å². The average molecular weight is 699 g/mol. The zero-order valence-corrected chi connectivity index (χ0v) is 30.6. The predicted molar refractivity (Wildman–Crippen MR) is 223 cm³/mol. The lowest BCUT2D eigenvalue weighted by Crippen LogP contribution is -2.32. The summed E-state index contributed by atoms with van der Waals surface area (Å²) >= 11 is 0. The highest BCUT2D eigenvalue weighted by Gasteiger charge is 2.35. The maximum atomic E-state index is 5.17. The minimum Gasteiger partial charge on any atom is -0.371 e. The molecule has 4 aromatic rings. The Labute approximate surface area is 312 Å². The molecule has 5 aliphatic heterocycles. The van der Waals surface area contributed by atoms with Crippen LogP contribution in [-0.2, 0) is 0 Å². The fraction of sp³-hybridized carbons (Fsp3) is 0.289. The number of nitrogens with zero attached hydrogens (tertiary/aromatic N) is 6. The minimum absolute atomic E-state index is 0.199. The van der Waals surface area contributed by atoms with E-state index in [4.69, 9.17) is 20.0 Å². The van der Waals surface area contributed by atoms with Gasteiger partial charge in [-0.05, 0) is 131 Å². The first-order valence-electron chi connectivity index (χ1n) is 19.2. The monoisotopic (exact) mass is 698 g/mol. The number of nitrogens with one attached hydrogen (secondary N) is 2. The molecule has 0 radical (unpaired) electrons. The Morgan fingerprint density at radius 3 is 1.70 bits per heavy atom. The fourth-order valence-electron chi connectivity index (χ4n) is 8.01. The molecule has 0 aliphatic carbocycles. The Morgan fingerprint density at radius 2 is 1.11 bits per heavy atom. The van der Waals surface area contributed by atoms with Crippen LogP contribution in [0.3, 0.4) is 0 Å². The van der Waals surface area contributed by atoms with Gasteiger partial charge in [0.25, 0.3) is 0 Å². The molecule has 9 rings (SSSR count). The first-order chi connectivity index (χ1) is 26.0. The molecular formula is C45H46N8. The summed E-state index contributed by atoms with van der Waals surface area (Å²) in [6.45, 7) is 8.58. The number of dihydropyridines is 1. The Kier molecular flexibility index (Phi) is 8.96. The van der Waals surface area contributed by atoms with Gasteiger partial charge in [-0.3, -0.25) is 0 Å². The second-order valence-electron chi connectivity index (χ2n) is 14.8. The third-order valence-corrected chi connectivity index (χ3v) is 11.0. The number of benzene rings is 4. The van der Waals surface area contributed by atoms with E-state index >= 15 is 0 Å². The molecule has 266 valence electrons. The molecule has 2 N–H and O–H groups in total. The van der Waals surface area contributed by atoms with Crippen LogP contribution in [0.15, 0.2) is 123 Å². The van der Waals surface area contributed by atoms with Crippen molar-refractivity contribution >= 4 is 63.5 Å². The molecule has 0 spiro atoms. The van der Waals surface area contributed by atoms with Crippen molar-refractivity contribution in [2.75, 3.05) is 46.6 Å². The van der Waals surface area contributed by atoms with Crippen molar-refractivity contribution < 1.29 is 0 Å². The van der Waals surface area contributed by atoms with Crippen LogP contribution in [0.2, 0.25) is 0 Å². The molecule has 5 aliphatic rings. The number of aliphatic imine (C=N–C) groups is 4. The second-order valence-corrected chi connectivity index (χ2v) is 14.8. The van der Waals surface area contributed by atoms with E-state index in [0.29, 0.717) is 0 Å². The van der Waals surface area contributed by atoms with Gasteiger partial charge in [0, 0.05) is 60.1 Å². The maximum absolute atomic E-state index is 5.17. The fourth-order valence-corrected chi connectivity index (χ4v) is 8.01. The number of anilines is 6. The SMILES string of the molecule is Cc1ccc(Nc2cc(N3CCCCC3)ccc2C2=CC3=CC(c4ccc(N5CCCCC5)cc4Nc4ccc(C)cc4)=NC4=NC=NC(=N2)C34)cc1. The summed E-state index contributed by atoms with van der Waals surface area (Å²) in [5.41, 5.74) is 14.0. The predicted octanol–water partition coefficient (Wildman–Crippen LogP) is 10.0. The zero-order valence-electron chi connectivity index (χ0n) is 30.6. The van der Waals surface area contributed by atoms with E-state index in [-0.39, 0.29) is 5.92 Å². The van der Waals surface area contributed by atoms with Crippen LogP contribution in [0.4, 0.5) is 34.1 Å². The molecular weight excluding hydrogens is 653 g/mol. The van der Waals surface area contributed by atoms with Crippen molar-refractivity contribution in [2.45, 2.75) is 52.4 Å². The van der Waals surface area contributed by atoms with Gasteiger partial charge in [0.2, 0.25) is 0 Å². The highest BCUT2D eigenvalue weighted by atomic mass is 15.1. The first kappa shape index (κ1) is 33.1. The Hall–Kier alpha value is -5.76. The lowest BCUT2D eigenvalue weighted by molar-refractivity contribution is 0.578. The van der Waals surface area contributed by atoms with Crippen LogP contribution in [0.1, 0.15) is 60.8 Å². The average Bonchev–Trinajstić information content (AvgIpc) is 3.20. The maximum Gasteiger partial charge on any atom is 0.145 e. The summed E-state index contributed by atoms with van der Waals surface area (Å²) in [5.74, 6) is 1.25. The van der Waals surface area contributed by atoms with Gasteiger partial charge in [-0.15, -0.1) is 0 Å². The number of amidine groups is 2. The molecule has 8 nitrogen and oxygen atoms in total. The molecule has 2 saturated heterocycles. The third kappa shape index (κ3) is 6.93. The molecule has 0 bridgehead atoms. The van der Waals surface area contributed by atoms with Crippen molar-refractivity contribution in [3.8, 4) is 0 Å². The van der Waals surface area contributed by atoms with Crippen LogP contribution in [0.25, 0.3) is 5.70 Å². The van der Waals surface area contributed by atoms with Gasteiger partial charge >= 0.3 is 0 Å². The van der Waals surface area contributed by atoms with Gasteiger partial charge in [0.1, 0.15) is 23.9 Å². The molecule has 4 aromatic carbocycles. The van der Waals surface area contributed by atoms with Crippen molar-refractivity contribution in [3.05, 3.63) is 125 Å². The van der Waals surface area contributed by atoms with E-state index in [1.54, 1.807) is 6.34 Å². The standard InChI is InChI=1S/C45H46N8/c1-30-9-13-33(14-10-30)48-41-27-35(52-21-5-3-6-22-52)17-19-37(41)39-25-32-26-40(51-45-43(32)44(50-39)46-29-47-45)38-20-18-36(53-23-7-4-8-24-53)28-42(38)49-34-15-11-31(2)12-16-34/h9-20,25-29,43,48-49H,3-8,21-24H2,1-2H3. The Bertz CT molecular complexity index is 2100. The molecule has 0 amide bonds.